The number of Topliss-reactive ketones (excluding diaryl/α,β-unsaturated/α-hetero) is 1. The van der Waals surface area contributed by atoms with E-state index in [0.717, 1.165) is 0 Å². The van der Waals surface area contributed by atoms with Gasteiger partial charge in [-0.25, -0.2) is 19.7 Å². The lowest BCUT2D eigenvalue weighted by Gasteiger charge is -2.34. The first-order valence-electron chi connectivity index (χ1n) is 22.9. The number of hydrogen-bond acceptors (Lipinski definition) is 18. The van der Waals surface area contributed by atoms with Crippen LogP contribution >= 0.6 is 0 Å². The standard InChI is InChI=1S/C48H71N5O15/c1-27-18-32(67-48(49)59)20-43(58)68-41(21-40(61-8)28(2)14-15-37(56)30(4)44(62-9)29(3)16-17-53(6)26-55)31(5)39(60-7)12-11-13-42-50-35(24-64-42)46-52-36(25-66-46)47-51-34(23-65-47)45(63-10)33(22-54)38(57)19-27/h11,13,16-17,23-33,38-41,44-45,54,57H,12,14-15,18-22H2,1-10H3,(H2,49,59)/t27-,28-,29+,30+,31+,32-,33-,38-,39+,40+,41-,44-,45+/m1/s1. The van der Waals surface area contributed by atoms with E-state index < -0.39 is 79.2 Å². The molecular weight excluding hydrogens is 887 g/mol. The summed E-state index contributed by atoms with van der Waals surface area (Å²) in [5, 5.41) is 22.0. The Labute approximate surface area is 397 Å². The number of ether oxygens (including phenoxy) is 6. The highest BCUT2D eigenvalue weighted by molar-refractivity contribution is 5.81. The van der Waals surface area contributed by atoms with E-state index >= 15 is 0 Å². The SMILES string of the molecule is CO[C@H]([C@@H](C)C=CN(C)C=O)[C@@H](C)C(=O)CC[C@@H](C)[C@H](C[C@H]1OC(=O)C[C@H](OC(N)=O)C[C@@H](C)C[C@@H](O)[C@@H](CO)[C@H](OC)c2coc(n2)-c2coc(n2)-c2coc(n2)C=CC[C@H](OC)[C@@H]1C)OC. The summed E-state index contributed by atoms with van der Waals surface area (Å²) in [7, 11) is 7.73. The van der Waals surface area contributed by atoms with Gasteiger partial charge in [-0.15, -0.1) is 0 Å². The molecule has 0 aliphatic carbocycles. The van der Waals surface area contributed by atoms with Crippen LogP contribution in [0.3, 0.4) is 0 Å². The van der Waals surface area contributed by atoms with Crippen molar-refractivity contribution in [2.45, 2.75) is 122 Å². The van der Waals surface area contributed by atoms with Crippen LogP contribution in [0.25, 0.3) is 29.2 Å². The second-order valence-electron chi connectivity index (χ2n) is 17.8. The van der Waals surface area contributed by atoms with Crippen molar-refractivity contribution >= 4 is 30.3 Å². The zero-order chi connectivity index (χ0) is 50.1. The maximum absolute atomic E-state index is 14.0. The van der Waals surface area contributed by atoms with Crippen molar-refractivity contribution in [2.75, 3.05) is 42.1 Å². The van der Waals surface area contributed by atoms with E-state index in [-0.39, 0.29) is 84.7 Å². The number of aromatic nitrogens is 3. The number of hydrogen-bond donors (Lipinski definition) is 3. The van der Waals surface area contributed by atoms with Gasteiger partial charge in [-0.3, -0.25) is 14.4 Å². The molecule has 1 aliphatic rings. The van der Waals surface area contributed by atoms with Gasteiger partial charge in [0, 0.05) is 78.2 Å². The second kappa shape index (κ2) is 27.1. The Bertz CT molecular complexity index is 2080. The van der Waals surface area contributed by atoms with Crippen LogP contribution in [0.15, 0.2) is 50.4 Å². The van der Waals surface area contributed by atoms with Crippen molar-refractivity contribution in [1.29, 1.82) is 0 Å². The fourth-order valence-electron chi connectivity index (χ4n) is 8.78. The number of oxazole rings is 3. The number of fused-ring (bicyclic) bond motifs is 8. The van der Waals surface area contributed by atoms with Crippen LogP contribution in [0.2, 0.25) is 0 Å². The lowest BCUT2D eigenvalue weighted by molar-refractivity contribution is -0.160. The summed E-state index contributed by atoms with van der Waals surface area (Å²) < 4.78 is 52.2. The number of aliphatic hydroxyl groups is 2. The van der Waals surface area contributed by atoms with Gasteiger partial charge in [0.15, 0.2) is 11.4 Å². The van der Waals surface area contributed by atoms with Gasteiger partial charge in [-0.05, 0) is 43.6 Å². The molecule has 6 bridgehead atoms. The first kappa shape index (κ1) is 55.3. The summed E-state index contributed by atoms with van der Waals surface area (Å²) in [6, 6.07) is 0. The van der Waals surface area contributed by atoms with Crippen LogP contribution in [0.5, 0.6) is 0 Å². The average Bonchev–Trinajstić information content (AvgIpc) is 4.11. The number of amides is 2. The summed E-state index contributed by atoms with van der Waals surface area (Å²) in [6.07, 6.45) is 6.55. The highest BCUT2D eigenvalue weighted by Gasteiger charge is 2.37. The predicted molar refractivity (Wildman–Crippen MR) is 246 cm³/mol. The zero-order valence-electron chi connectivity index (χ0n) is 40.8. The molecule has 4 heterocycles. The minimum atomic E-state index is -1.14. The number of carbonyl (C=O) groups is 4. The van der Waals surface area contributed by atoms with Crippen LogP contribution in [-0.4, -0.2) is 133 Å². The Morgan fingerprint density at radius 3 is 2.31 bits per heavy atom. The fourth-order valence-corrected chi connectivity index (χ4v) is 8.78. The summed E-state index contributed by atoms with van der Waals surface area (Å²) in [5.74, 6) is -2.59. The minimum absolute atomic E-state index is 0.00771. The molecule has 0 fully saturated rings. The van der Waals surface area contributed by atoms with Crippen LogP contribution in [0, 0.1) is 35.5 Å². The minimum Gasteiger partial charge on any atom is -0.462 e. The van der Waals surface area contributed by atoms with E-state index in [1.54, 1.807) is 40.7 Å². The summed E-state index contributed by atoms with van der Waals surface area (Å²) in [6.45, 7) is 8.96. The Morgan fingerprint density at radius 2 is 1.66 bits per heavy atom. The molecule has 4 N–H and O–H groups in total. The normalized spacial score (nSPS) is 25.6. The molecule has 0 aromatic carbocycles. The molecule has 13 atom stereocenters. The first-order chi connectivity index (χ1) is 32.5. The Kier molecular flexibility index (Phi) is 22.0. The lowest BCUT2D eigenvalue weighted by atomic mass is 9.84. The molecule has 0 saturated carbocycles. The quantitative estimate of drug-likeness (QED) is 0.0949. The zero-order valence-corrected chi connectivity index (χ0v) is 40.8. The van der Waals surface area contributed by atoms with Crippen LogP contribution in [0.4, 0.5) is 4.79 Å². The molecule has 3 aromatic heterocycles. The topological polar surface area (TPSA) is 271 Å². The number of ketones is 1. The van der Waals surface area contributed by atoms with E-state index in [1.807, 2.05) is 46.8 Å². The molecule has 1 aliphatic heterocycles. The monoisotopic (exact) mass is 957 g/mol. The van der Waals surface area contributed by atoms with E-state index in [1.165, 1.54) is 30.8 Å². The van der Waals surface area contributed by atoms with Crippen LogP contribution in [-0.2, 0) is 42.8 Å². The number of primary amides is 1. The molecule has 0 unspecified atom stereocenters. The molecule has 68 heavy (non-hydrogen) atoms. The number of rotatable bonds is 18. The third kappa shape index (κ3) is 15.6. The van der Waals surface area contributed by atoms with Gasteiger partial charge in [-0.2, -0.15) is 0 Å². The van der Waals surface area contributed by atoms with Gasteiger partial charge in [0.2, 0.25) is 24.1 Å². The average molecular weight is 958 g/mol. The number of aliphatic hydroxyl groups excluding tert-OH is 2. The number of nitrogens with zero attached hydrogens (tertiary/aromatic N) is 4. The smallest absolute Gasteiger partial charge is 0.404 e. The molecular formula is C48H71N5O15. The van der Waals surface area contributed by atoms with E-state index in [4.69, 9.17) is 47.4 Å². The van der Waals surface area contributed by atoms with Gasteiger partial charge in [0.25, 0.3) is 0 Å². The molecule has 0 saturated heterocycles. The molecule has 2 amide bonds. The van der Waals surface area contributed by atoms with E-state index in [0.29, 0.717) is 24.9 Å². The molecule has 378 valence electrons. The third-order valence-corrected chi connectivity index (χ3v) is 12.8. The maximum Gasteiger partial charge on any atom is 0.404 e. The van der Waals surface area contributed by atoms with Gasteiger partial charge in [0.05, 0.1) is 37.4 Å². The first-order valence-corrected chi connectivity index (χ1v) is 22.9. The van der Waals surface area contributed by atoms with Crippen molar-refractivity contribution in [2.24, 2.45) is 41.2 Å². The van der Waals surface area contributed by atoms with Crippen molar-refractivity contribution < 1.29 is 71.1 Å². The number of esters is 1. The van der Waals surface area contributed by atoms with Crippen LogP contribution < -0.4 is 5.73 Å². The molecule has 20 nitrogen and oxygen atoms in total. The fraction of sp³-hybridized carbons (Fsp3) is 0.646. The Balaban J connectivity index is 1.62. The highest BCUT2D eigenvalue weighted by Crippen LogP contribution is 2.34. The predicted octanol–water partition coefficient (Wildman–Crippen LogP) is 6.17. The van der Waals surface area contributed by atoms with Gasteiger partial charge >= 0.3 is 12.1 Å². The highest BCUT2D eigenvalue weighted by atomic mass is 16.6. The lowest BCUT2D eigenvalue weighted by Crippen LogP contribution is -2.39. The summed E-state index contributed by atoms with van der Waals surface area (Å²) in [4.78, 5) is 65.7. The Hall–Kier alpha value is -5.25. The number of cyclic esters (lactones) is 1. The number of methoxy groups -OCH3 is 4. The second-order valence-corrected chi connectivity index (χ2v) is 17.8. The molecule has 20 heteroatoms. The summed E-state index contributed by atoms with van der Waals surface area (Å²) >= 11 is 0. The van der Waals surface area contributed by atoms with E-state index in [2.05, 4.69) is 15.0 Å². The van der Waals surface area contributed by atoms with Crippen molar-refractivity contribution in [3.8, 4) is 23.2 Å². The molecule has 3 aromatic rings. The van der Waals surface area contributed by atoms with Gasteiger partial charge in [0.1, 0.15) is 48.6 Å². The van der Waals surface area contributed by atoms with Gasteiger partial charge < -0.3 is 62.5 Å². The van der Waals surface area contributed by atoms with Crippen molar-refractivity contribution in [1.82, 2.24) is 19.9 Å². The van der Waals surface area contributed by atoms with Crippen molar-refractivity contribution in [3.63, 3.8) is 0 Å². The van der Waals surface area contributed by atoms with Crippen LogP contribution in [0.1, 0.15) is 97.3 Å². The maximum atomic E-state index is 14.0. The molecule has 4 rings (SSSR count). The van der Waals surface area contributed by atoms with Crippen molar-refractivity contribution in [3.05, 3.63) is 48.7 Å². The molecule has 0 radical (unpaired) electrons. The number of carbonyl (C=O) groups excluding carboxylic acids is 4. The number of nitrogens with two attached hydrogens (primary N) is 1. The van der Waals surface area contributed by atoms with Gasteiger partial charge in [-0.1, -0.05) is 46.8 Å². The molecule has 0 spiro atoms. The summed E-state index contributed by atoms with van der Waals surface area (Å²) in [5.41, 5.74) is 6.34. The van der Waals surface area contributed by atoms with E-state index in [9.17, 15) is 29.4 Å². The largest absolute Gasteiger partial charge is 0.462 e. The Morgan fingerprint density at radius 1 is 0.971 bits per heavy atom. The third-order valence-electron chi connectivity index (χ3n) is 12.8.